The van der Waals surface area contributed by atoms with Crippen molar-refractivity contribution in [3.05, 3.63) is 106 Å². The summed E-state index contributed by atoms with van der Waals surface area (Å²) in [6.07, 6.45) is 1.51. The summed E-state index contributed by atoms with van der Waals surface area (Å²) in [4.78, 5) is 36.0. The third-order valence-corrected chi connectivity index (χ3v) is 4.27. The molecule has 0 bridgehead atoms. The highest BCUT2D eigenvalue weighted by Gasteiger charge is 2.17. The van der Waals surface area contributed by atoms with Crippen LogP contribution in [0.4, 0.5) is 11.4 Å². The SMILES string of the molecule is COc1ccc(/C=C(\NC(=O)c2cccc([N+](=O)[O-])c2)C(=O)Nc2ccccc2)cc1. The molecule has 3 rings (SSSR count). The van der Waals surface area contributed by atoms with Crippen LogP contribution in [0.3, 0.4) is 0 Å². The van der Waals surface area contributed by atoms with E-state index in [0.717, 1.165) is 6.07 Å². The summed E-state index contributed by atoms with van der Waals surface area (Å²) in [6.45, 7) is 0. The van der Waals surface area contributed by atoms with E-state index in [-0.39, 0.29) is 16.9 Å². The Morgan fingerprint density at radius 3 is 2.32 bits per heavy atom. The number of carbonyl (C=O) groups is 2. The second-order valence-electron chi connectivity index (χ2n) is 6.41. The predicted octanol–water partition coefficient (Wildman–Crippen LogP) is 4.01. The van der Waals surface area contributed by atoms with Gasteiger partial charge < -0.3 is 15.4 Å². The molecule has 2 amide bonds. The summed E-state index contributed by atoms with van der Waals surface area (Å²) in [7, 11) is 1.54. The molecule has 31 heavy (non-hydrogen) atoms. The van der Waals surface area contributed by atoms with Crippen LogP contribution in [0.25, 0.3) is 6.08 Å². The Balaban J connectivity index is 1.89. The minimum absolute atomic E-state index is 0.0227. The number of amides is 2. The fourth-order valence-electron chi connectivity index (χ4n) is 2.70. The van der Waals surface area contributed by atoms with Crippen molar-refractivity contribution >= 4 is 29.3 Å². The van der Waals surface area contributed by atoms with Crippen LogP contribution in [0.5, 0.6) is 5.75 Å². The molecule has 0 aliphatic heterocycles. The average Bonchev–Trinajstić information content (AvgIpc) is 2.79. The van der Waals surface area contributed by atoms with Gasteiger partial charge in [-0.05, 0) is 42.0 Å². The molecule has 0 heterocycles. The number of para-hydroxylation sites is 1. The van der Waals surface area contributed by atoms with Gasteiger partial charge in [-0.3, -0.25) is 19.7 Å². The summed E-state index contributed by atoms with van der Waals surface area (Å²) >= 11 is 0. The molecule has 0 unspecified atom stereocenters. The van der Waals surface area contributed by atoms with E-state index in [1.165, 1.54) is 24.3 Å². The predicted molar refractivity (Wildman–Crippen MR) is 117 cm³/mol. The lowest BCUT2D eigenvalue weighted by Gasteiger charge is -2.11. The molecule has 0 aliphatic carbocycles. The van der Waals surface area contributed by atoms with Crippen LogP contribution in [-0.4, -0.2) is 23.8 Å². The standard InChI is InChI=1S/C23H19N3O5/c1-31-20-12-10-16(11-13-20)14-21(23(28)24-18-7-3-2-4-8-18)25-22(27)17-6-5-9-19(15-17)26(29)30/h2-15H,1H3,(H,24,28)(H,25,27)/b21-14-. The quantitative estimate of drug-likeness (QED) is 0.343. The van der Waals surface area contributed by atoms with E-state index in [2.05, 4.69) is 10.6 Å². The maximum atomic E-state index is 12.9. The number of benzene rings is 3. The second-order valence-corrected chi connectivity index (χ2v) is 6.41. The van der Waals surface area contributed by atoms with Gasteiger partial charge in [-0.15, -0.1) is 0 Å². The zero-order valence-electron chi connectivity index (χ0n) is 16.6. The number of nitro benzene ring substituents is 1. The molecular weight excluding hydrogens is 398 g/mol. The maximum Gasteiger partial charge on any atom is 0.272 e. The number of nitro groups is 1. The Labute approximate surface area is 178 Å². The van der Waals surface area contributed by atoms with Gasteiger partial charge in [0.05, 0.1) is 12.0 Å². The van der Waals surface area contributed by atoms with Crippen LogP contribution in [0.1, 0.15) is 15.9 Å². The van der Waals surface area contributed by atoms with E-state index in [1.54, 1.807) is 55.6 Å². The molecule has 0 aliphatic rings. The highest BCUT2D eigenvalue weighted by atomic mass is 16.6. The summed E-state index contributed by atoms with van der Waals surface area (Å²) < 4.78 is 5.13. The fraction of sp³-hybridized carbons (Fsp3) is 0.0435. The van der Waals surface area contributed by atoms with Crippen LogP contribution in [0, 0.1) is 10.1 Å². The smallest absolute Gasteiger partial charge is 0.272 e. The molecule has 3 aromatic carbocycles. The molecule has 0 saturated carbocycles. The van der Waals surface area contributed by atoms with Crippen LogP contribution in [-0.2, 0) is 4.79 Å². The zero-order valence-corrected chi connectivity index (χ0v) is 16.6. The fourth-order valence-corrected chi connectivity index (χ4v) is 2.70. The molecule has 2 N–H and O–H groups in total. The summed E-state index contributed by atoms with van der Waals surface area (Å²) in [5, 5.41) is 16.3. The first-order valence-corrected chi connectivity index (χ1v) is 9.24. The molecule has 0 spiro atoms. The highest BCUT2D eigenvalue weighted by molar-refractivity contribution is 6.10. The lowest BCUT2D eigenvalue weighted by Crippen LogP contribution is -2.30. The topological polar surface area (TPSA) is 111 Å². The Hall–Kier alpha value is -4.46. The van der Waals surface area contributed by atoms with E-state index in [9.17, 15) is 19.7 Å². The number of rotatable bonds is 7. The van der Waals surface area contributed by atoms with Gasteiger partial charge in [0.2, 0.25) is 0 Å². The van der Waals surface area contributed by atoms with Gasteiger partial charge in [0, 0.05) is 23.4 Å². The van der Waals surface area contributed by atoms with Crippen LogP contribution < -0.4 is 15.4 Å². The molecule has 0 radical (unpaired) electrons. The number of nitrogens with zero attached hydrogens (tertiary/aromatic N) is 1. The zero-order chi connectivity index (χ0) is 22.2. The number of anilines is 1. The van der Waals surface area contributed by atoms with Crippen molar-refractivity contribution in [1.82, 2.24) is 5.32 Å². The summed E-state index contributed by atoms with van der Waals surface area (Å²) in [5.74, 6) is -0.541. The third kappa shape index (κ3) is 5.77. The number of non-ortho nitro benzene ring substituents is 1. The molecule has 3 aromatic rings. The number of hydrogen-bond acceptors (Lipinski definition) is 5. The van der Waals surface area contributed by atoms with E-state index in [4.69, 9.17) is 4.74 Å². The first kappa shape index (κ1) is 21.3. The lowest BCUT2D eigenvalue weighted by molar-refractivity contribution is -0.384. The van der Waals surface area contributed by atoms with Gasteiger partial charge in [-0.25, -0.2) is 0 Å². The first-order chi connectivity index (χ1) is 15.0. The van der Waals surface area contributed by atoms with E-state index in [1.807, 2.05) is 6.07 Å². The van der Waals surface area contributed by atoms with Crippen molar-refractivity contribution in [3.8, 4) is 5.75 Å². The number of ether oxygens (including phenoxy) is 1. The minimum Gasteiger partial charge on any atom is -0.497 e. The van der Waals surface area contributed by atoms with Crippen molar-refractivity contribution in [2.45, 2.75) is 0 Å². The monoisotopic (exact) mass is 417 g/mol. The van der Waals surface area contributed by atoms with Crippen molar-refractivity contribution in [1.29, 1.82) is 0 Å². The molecule has 0 aromatic heterocycles. The van der Waals surface area contributed by atoms with Gasteiger partial charge in [0.25, 0.3) is 17.5 Å². The molecular formula is C23H19N3O5. The first-order valence-electron chi connectivity index (χ1n) is 9.24. The minimum atomic E-state index is -0.647. The van der Waals surface area contributed by atoms with Gasteiger partial charge in [-0.1, -0.05) is 36.4 Å². The second kappa shape index (κ2) is 9.84. The van der Waals surface area contributed by atoms with E-state index < -0.39 is 16.7 Å². The van der Waals surface area contributed by atoms with Crippen molar-refractivity contribution in [2.75, 3.05) is 12.4 Å². The number of hydrogen-bond donors (Lipinski definition) is 2. The van der Waals surface area contributed by atoms with Gasteiger partial charge >= 0.3 is 0 Å². The summed E-state index contributed by atoms with van der Waals surface area (Å²) in [5.41, 5.74) is 1.02. The number of methoxy groups -OCH3 is 1. The average molecular weight is 417 g/mol. The van der Waals surface area contributed by atoms with Crippen molar-refractivity contribution in [3.63, 3.8) is 0 Å². The van der Waals surface area contributed by atoms with Gasteiger partial charge in [-0.2, -0.15) is 0 Å². The molecule has 0 atom stereocenters. The number of nitrogens with one attached hydrogen (secondary N) is 2. The molecule has 0 fully saturated rings. The lowest BCUT2D eigenvalue weighted by atomic mass is 10.1. The Bertz CT molecular complexity index is 1130. The van der Waals surface area contributed by atoms with E-state index in [0.29, 0.717) is 17.0 Å². The number of carbonyl (C=O) groups excluding carboxylic acids is 2. The molecule has 8 heteroatoms. The molecule has 0 saturated heterocycles. The van der Waals surface area contributed by atoms with Crippen LogP contribution >= 0.6 is 0 Å². The Kier molecular flexibility index (Phi) is 6.74. The van der Waals surface area contributed by atoms with E-state index >= 15 is 0 Å². The highest BCUT2D eigenvalue weighted by Crippen LogP contribution is 2.16. The van der Waals surface area contributed by atoms with Gasteiger partial charge in [0.1, 0.15) is 11.4 Å². The van der Waals surface area contributed by atoms with Crippen LogP contribution in [0.2, 0.25) is 0 Å². The normalized spacial score (nSPS) is 10.8. The molecule has 8 nitrogen and oxygen atoms in total. The van der Waals surface area contributed by atoms with Crippen molar-refractivity contribution < 1.29 is 19.2 Å². The largest absolute Gasteiger partial charge is 0.497 e. The molecule has 156 valence electrons. The third-order valence-electron chi connectivity index (χ3n) is 4.27. The maximum absolute atomic E-state index is 12.9. The van der Waals surface area contributed by atoms with Crippen molar-refractivity contribution in [2.24, 2.45) is 0 Å². The van der Waals surface area contributed by atoms with Crippen LogP contribution in [0.15, 0.2) is 84.6 Å². The Morgan fingerprint density at radius 2 is 1.68 bits per heavy atom. The summed E-state index contributed by atoms with van der Waals surface area (Å²) in [6, 6.07) is 21.0. The Morgan fingerprint density at radius 1 is 0.968 bits per heavy atom. The van der Waals surface area contributed by atoms with Gasteiger partial charge in [0.15, 0.2) is 0 Å².